The van der Waals surface area contributed by atoms with Gasteiger partial charge >= 0.3 is 5.97 Å². The van der Waals surface area contributed by atoms with Crippen LogP contribution in [-0.2, 0) is 16.3 Å². The minimum atomic E-state index is -1.16. The molecule has 0 aliphatic heterocycles. The van der Waals surface area contributed by atoms with Crippen molar-refractivity contribution in [2.24, 2.45) is 11.8 Å². The standard InChI is InChI=1S/C20H32BrN5O3Si/c1-14(2)10-16(20(27)28)11-17(15-6-7-18(21)22-12-15)19-23-25-26(24-19)13-29-8-9-30(3,4)5/h6-7,12,14,16-17H,8-11,13H2,1-5H3,(H,27,28)/t16-,17-/m0/s1. The van der Waals surface area contributed by atoms with Gasteiger partial charge in [0.25, 0.3) is 0 Å². The van der Waals surface area contributed by atoms with Crippen LogP contribution >= 0.6 is 15.9 Å². The highest BCUT2D eigenvalue weighted by Crippen LogP contribution is 2.31. The fourth-order valence-electron chi connectivity index (χ4n) is 3.11. The van der Waals surface area contributed by atoms with E-state index >= 15 is 0 Å². The highest BCUT2D eigenvalue weighted by Gasteiger charge is 2.28. The van der Waals surface area contributed by atoms with Gasteiger partial charge in [-0.25, -0.2) is 4.98 Å². The maximum atomic E-state index is 11.8. The number of aromatic nitrogens is 5. The number of halogens is 1. The second-order valence-corrected chi connectivity index (χ2v) is 15.7. The van der Waals surface area contributed by atoms with Crippen LogP contribution in [0.25, 0.3) is 0 Å². The second-order valence-electron chi connectivity index (χ2n) is 9.24. The van der Waals surface area contributed by atoms with Gasteiger partial charge in [0.1, 0.15) is 4.60 Å². The number of carboxylic acids is 1. The first-order chi connectivity index (χ1) is 14.0. The van der Waals surface area contributed by atoms with Crippen LogP contribution in [0.5, 0.6) is 0 Å². The molecule has 2 aromatic heterocycles. The van der Waals surface area contributed by atoms with Gasteiger partial charge in [0.05, 0.1) is 11.8 Å². The number of hydrogen-bond acceptors (Lipinski definition) is 6. The maximum absolute atomic E-state index is 11.8. The fourth-order valence-corrected chi connectivity index (χ4v) is 4.10. The van der Waals surface area contributed by atoms with Gasteiger partial charge < -0.3 is 9.84 Å². The summed E-state index contributed by atoms with van der Waals surface area (Å²) in [4.78, 5) is 17.6. The quantitative estimate of drug-likeness (QED) is 0.263. The molecule has 0 saturated heterocycles. The van der Waals surface area contributed by atoms with E-state index in [4.69, 9.17) is 4.74 Å². The Morgan fingerprint density at radius 3 is 2.57 bits per heavy atom. The molecule has 30 heavy (non-hydrogen) atoms. The van der Waals surface area contributed by atoms with E-state index in [9.17, 15) is 9.90 Å². The molecule has 0 saturated carbocycles. The zero-order valence-corrected chi connectivity index (χ0v) is 21.0. The highest BCUT2D eigenvalue weighted by atomic mass is 79.9. The molecule has 2 rings (SSSR count). The Bertz CT molecular complexity index is 808. The van der Waals surface area contributed by atoms with Crippen molar-refractivity contribution in [3.63, 3.8) is 0 Å². The lowest BCUT2D eigenvalue weighted by Crippen LogP contribution is -2.22. The summed E-state index contributed by atoms with van der Waals surface area (Å²) in [6, 6.07) is 4.82. The lowest BCUT2D eigenvalue weighted by molar-refractivity contribution is -0.142. The first-order valence-corrected chi connectivity index (χ1v) is 14.7. The molecule has 0 aliphatic rings. The van der Waals surface area contributed by atoms with Gasteiger partial charge in [-0.3, -0.25) is 4.79 Å². The van der Waals surface area contributed by atoms with Crippen LogP contribution < -0.4 is 0 Å². The van der Waals surface area contributed by atoms with Crippen LogP contribution in [0, 0.1) is 11.8 Å². The van der Waals surface area contributed by atoms with E-state index in [1.54, 1.807) is 6.20 Å². The smallest absolute Gasteiger partial charge is 0.306 e. The lowest BCUT2D eigenvalue weighted by atomic mass is 9.85. The van der Waals surface area contributed by atoms with Crippen molar-refractivity contribution in [1.29, 1.82) is 0 Å². The van der Waals surface area contributed by atoms with Crippen LogP contribution in [0.3, 0.4) is 0 Å². The average Bonchev–Trinajstić information content (AvgIpc) is 3.10. The summed E-state index contributed by atoms with van der Waals surface area (Å²) in [6.07, 6.45) is 2.71. The van der Waals surface area contributed by atoms with Crippen LogP contribution in [0.4, 0.5) is 0 Å². The summed E-state index contributed by atoms with van der Waals surface area (Å²) in [5, 5.41) is 22.5. The van der Waals surface area contributed by atoms with Crippen molar-refractivity contribution in [3.05, 3.63) is 34.3 Å². The molecule has 8 nitrogen and oxygen atoms in total. The summed E-state index contributed by atoms with van der Waals surface area (Å²) < 4.78 is 6.42. The Labute approximate surface area is 187 Å². The van der Waals surface area contributed by atoms with E-state index in [1.807, 2.05) is 26.0 Å². The number of ether oxygens (including phenoxy) is 1. The van der Waals surface area contributed by atoms with Crippen LogP contribution in [0.2, 0.25) is 25.7 Å². The Morgan fingerprint density at radius 1 is 1.27 bits per heavy atom. The molecule has 0 unspecified atom stereocenters. The molecule has 2 atom stereocenters. The molecule has 0 aliphatic carbocycles. The van der Waals surface area contributed by atoms with Crippen LogP contribution in [0.15, 0.2) is 22.9 Å². The lowest BCUT2D eigenvalue weighted by Gasteiger charge is -2.20. The third-order valence-corrected chi connectivity index (χ3v) is 6.93. The van der Waals surface area contributed by atoms with Crippen molar-refractivity contribution >= 4 is 30.0 Å². The molecule has 0 radical (unpaired) electrons. The predicted octanol–water partition coefficient (Wildman–Crippen LogP) is 4.41. The number of rotatable bonds is 12. The summed E-state index contributed by atoms with van der Waals surface area (Å²) >= 11 is 3.34. The first kappa shape index (κ1) is 24.6. The molecule has 1 N–H and O–H groups in total. The van der Waals surface area contributed by atoms with Crippen molar-refractivity contribution in [1.82, 2.24) is 25.2 Å². The number of nitrogens with zero attached hydrogens (tertiary/aromatic N) is 5. The SMILES string of the molecule is CC(C)C[C@@H](C[C@@H](c1ccc(Br)nc1)c1nnn(COCC[Si](C)(C)C)n1)C(=O)O. The first-order valence-electron chi connectivity index (χ1n) is 10.2. The van der Waals surface area contributed by atoms with E-state index in [0.717, 1.165) is 16.2 Å². The summed E-state index contributed by atoms with van der Waals surface area (Å²) in [6.45, 7) is 11.9. The summed E-state index contributed by atoms with van der Waals surface area (Å²) in [5.41, 5.74) is 0.868. The molecular weight excluding hydrogens is 466 g/mol. The Morgan fingerprint density at radius 2 is 2.00 bits per heavy atom. The molecule has 2 aromatic rings. The molecule has 10 heteroatoms. The fraction of sp³-hybridized carbons (Fsp3) is 0.650. The van der Waals surface area contributed by atoms with Gasteiger partial charge in [0.15, 0.2) is 12.6 Å². The third-order valence-electron chi connectivity index (χ3n) is 4.76. The molecule has 0 spiro atoms. The molecule has 0 aromatic carbocycles. The van der Waals surface area contributed by atoms with Gasteiger partial charge in [0, 0.05) is 20.9 Å². The number of pyridine rings is 1. The predicted molar refractivity (Wildman–Crippen MR) is 121 cm³/mol. The summed E-state index contributed by atoms with van der Waals surface area (Å²) in [7, 11) is -1.16. The van der Waals surface area contributed by atoms with E-state index in [2.05, 4.69) is 56.0 Å². The van der Waals surface area contributed by atoms with Crippen molar-refractivity contribution in [3.8, 4) is 0 Å². The number of carboxylic acid groups (broad SMARTS) is 1. The third kappa shape index (κ3) is 8.23. The maximum Gasteiger partial charge on any atom is 0.306 e. The second kappa shape index (κ2) is 11.1. The van der Waals surface area contributed by atoms with Crippen LogP contribution in [-0.4, -0.2) is 50.9 Å². The van der Waals surface area contributed by atoms with Crippen molar-refractivity contribution in [2.45, 2.75) is 65.0 Å². The van der Waals surface area contributed by atoms with Gasteiger partial charge in [0.2, 0.25) is 0 Å². The Kier molecular flexibility index (Phi) is 9.11. The molecule has 0 fully saturated rings. The Hall–Kier alpha value is -1.65. The van der Waals surface area contributed by atoms with Gasteiger partial charge in [-0.05, 0) is 57.6 Å². The molecule has 0 amide bonds. The Balaban J connectivity index is 2.17. The molecular formula is C20H32BrN5O3Si. The van der Waals surface area contributed by atoms with Crippen LogP contribution in [0.1, 0.15) is 44.0 Å². The highest BCUT2D eigenvalue weighted by molar-refractivity contribution is 9.10. The van der Waals surface area contributed by atoms with Crippen molar-refractivity contribution < 1.29 is 14.6 Å². The topological polar surface area (TPSA) is 103 Å². The van der Waals surface area contributed by atoms with Gasteiger partial charge in [-0.15, -0.1) is 15.0 Å². The van der Waals surface area contributed by atoms with E-state index in [1.165, 1.54) is 4.80 Å². The summed E-state index contributed by atoms with van der Waals surface area (Å²) in [5.74, 6) is -0.846. The number of carbonyl (C=O) groups is 1. The molecule has 166 valence electrons. The zero-order valence-electron chi connectivity index (χ0n) is 18.4. The van der Waals surface area contributed by atoms with E-state index in [-0.39, 0.29) is 18.6 Å². The molecule has 2 heterocycles. The minimum absolute atomic E-state index is 0.233. The van der Waals surface area contributed by atoms with E-state index < -0.39 is 20.0 Å². The number of tetrazole rings is 1. The zero-order chi connectivity index (χ0) is 22.3. The largest absolute Gasteiger partial charge is 0.481 e. The normalized spacial score (nSPS) is 14.1. The minimum Gasteiger partial charge on any atom is -0.481 e. The van der Waals surface area contributed by atoms with E-state index in [0.29, 0.717) is 25.3 Å². The van der Waals surface area contributed by atoms with Gasteiger partial charge in [-0.2, -0.15) is 0 Å². The van der Waals surface area contributed by atoms with Crippen molar-refractivity contribution in [2.75, 3.05) is 6.61 Å². The number of hydrogen-bond donors (Lipinski definition) is 1. The average molecular weight is 498 g/mol. The van der Waals surface area contributed by atoms with Gasteiger partial charge in [-0.1, -0.05) is 39.6 Å². The number of aliphatic carboxylic acids is 1. The monoisotopic (exact) mass is 497 g/mol. The molecule has 0 bridgehead atoms.